The van der Waals surface area contributed by atoms with E-state index in [-0.39, 0.29) is 27.9 Å². The second-order valence-corrected chi connectivity index (χ2v) is 13.2. The summed E-state index contributed by atoms with van der Waals surface area (Å²) in [5, 5.41) is 0.168. The van der Waals surface area contributed by atoms with E-state index in [4.69, 9.17) is 9.16 Å². The van der Waals surface area contributed by atoms with Crippen LogP contribution in [0.15, 0.2) is 0 Å². The lowest BCUT2D eigenvalue weighted by Gasteiger charge is -2.61. The van der Waals surface area contributed by atoms with Crippen molar-refractivity contribution in [3.63, 3.8) is 0 Å². The molecule has 2 aliphatic carbocycles. The Hall–Kier alpha value is -0.353. The molecule has 0 N–H and O–H groups in total. The Labute approximate surface area is 124 Å². The first kappa shape index (κ1) is 16.0. The average Bonchev–Trinajstić information content (AvgIpc) is 2.53. The van der Waals surface area contributed by atoms with Gasteiger partial charge in [-0.2, -0.15) is 0 Å². The van der Waals surface area contributed by atoms with Crippen LogP contribution in [0.25, 0.3) is 0 Å². The van der Waals surface area contributed by atoms with Gasteiger partial charge in [-0.1, -0.05) is 27.7 Å². The molecule has 0 amide bonds. The van der Waals surface area contributed by atoms with Crippen molar-refractivity contribution in [2.24, 2.45) is 11.3 Å². The van der Waals surface area contributed by atoms with Crippen LogP contribution in [0.2, 0.25) is 18.1 Å². The molecule has 0 unspecified atom stereocenters. The van der Waals surface area contributed by atoms with Gasteiger partial charge in [-0.15, -0.1) is 0 Å². The molecule has 116 valence electrons. The maximum atomic E-state index is 12.1. The fraction of sp³-hybridized carbons (Fsp3) is 0.938. The van der Waals surface area contributed by atoms with E-state index in [1.165, 1.54) is 20.0 Å². The molecule has 0 aromatic heterocycles. The van der Waals surface area contributed by atoms with Gasteiger partial charge in [0.05, 0.1) is 18.6 Å². The van der Waals surface area contributed by atoms with E-state index in [0.717, 1.165) is 12.8 Å². The van der Waals surface area contributed by atoms with Crippen molar-refractivity contribution >= 4 is 14.3 Å². The second-order valence-electron chi connectivity index (χ2n) is 8.45. The maximum Gasteiger partial charge on any atom is 0.311 e. The molecule has 0 radical (unpaired) electrons. The van der Waals surface area contributed by atoms with Gasteiger partial charge < -0.3 is 9.16 Å². The zero-order chi connectivity index (χ0) is 15.4. The Morgan fingerprint density at radius 1 is 1.25 bits per heavy atom. The van der Waals surface area contributed by atoms with Gasteiger partial charge in [0, 0.05) is 0 Å². The first-order valence-corrected chi connectivity index (χ1v) is 10.7. The molecular weight excluding hydrogens is 268 g/mol. The highest BCUT2D eigenvalue weighted by Crippen LogP contribution is 2.67. The molecule has 2 rings (SSSR count). The number of hydrogen-bond donors (Lipinski definition) is 0. The number of esters is 1. The minimum atomic E-state index is -1.89. The highest BCUT2D eigenvalue weighted by Gasteiger charge is 2.70. The Bertz CT molecular complexity index is 412. The van der Waals surface area contributed by atoms with Gasteiger partial charge >= 0.3 is 5.97 Å². The first-order chi connectivity index (χ1) is 8.99. The Kier molecular flexibility index (Phi) is 3.66. The number of carbonyl (C=O) groups is 1. The third-order valence-electron chi connectivity index (χ3n) is 6.25. The molecule has 2 saturated carbocycles. The summed E-state index contributed by atoms with van der Waals surface area (Å²) in [4.78, 5) is 12.1. The van der Waals surface area contributed by atoms with Crippen molar-refractivity contribution in [3.05, 3.63) is 0 Å². The fourth-order valence-electron chi connectivity index (χ4n) is 3.88. The molecule has 0 bridgehead atoms. The van der Waals surface area contributed by atoms with Crippen LogP contribution in [0.5, 0.6) is 0 Å². The smallest absolute Gasteiger partial charge is 0.311 e. The molecule has 0 heterocycles. The van der Waals surface area contributed by atoms with Gasteiger partial charge in [0.15, 0.2) is 8.32 Å². The summed E-state index contributed by atoms with van der Waals surface area (Å²) in [5.74, 6) is -0.141. The quantitative estimate of drug-likeness (QED) is 0.580. The maximum absolute atomic E-state index is 12.1. The van der Waals surface area contributed by atoms with Crippen molar-refractivity contribution in [2.45, 2.75) is 77.1 Å². The zero-order valence-corrected chi connectivity index (χ0v) is 15.1. The molecule has 0 aromatic carbocycles. The minimum Gasteiger partial charge on any atom is -0.469 e. The van der Waals surface area contributed by atoms with E-state index in [1.54, 1.807) is 0 Å². The van der Waals surface area contributed by atoms with Crippen LogP contribution in [0.4, 0.5) is 0 Å². The third kappa shape index (κ3) is 2.07. The largest absolute Gasteiger partial charge is 0.469 e. The molecule has 0 aromatic rings. The van der Waals surface area contributed by atoms with Crippen molar-refractivity contribution in [1.29, 1.82) is 0 Å². The number of fused-ring (bicyclic) bond motifs is 1. The highest BCUT2D eigenvalue weighted by molar-refractivity contribution is 6.74. The van der Waals surface area contributed by atoms with Gasteiger partial charge in [-0.3, -0.25) is 4.79 Å². The zero-order valence-electron chi connectivity index (χ0n) is 14.1. The number of methoxy groups -OCH3 is 1. The predicted molar refractivity (Wildman–Crippen MR) is 83.1 cm³/mol. The standard InChI is InChI=1S/C16H30O3Si/c1-14(2,3)20(6,7)19-16-10-8-9-15(16,4)11-12(16)13(17)18-5/h12H,8-11H2,1-7H3/t12-,15+,16+/m1/s1. The lowest BCUT2D eigenvalue weighted by atomic mass is 9.53. The molecule has 2 aliphatic rings. The molecule has 2 fully saturated rings. The average molecular weight is 298 g/mol. The summed E-state index contributed by atoms with van der Waals surface area (Å²) >= 11 is 0. The van der Waals surface area contributed by atoms with Crippen LogP contribution in [0.3, 0.4) is 0 Å². The molecule has 4 heteroatoms. The van der Waals surface area contributed by atoms with Gasteiger partial charge in [0.25, 0.3) is 0 Å². The van der Waals surface area contributed by atoms with E-state index in [9.17, 15) is 4.79 Å². The summed E-state index contributed by atoms with van der Waals surface area (Å²) in [6.45, 7) is 13.6. The Balaban J connectivity index is 2.31. The van der Waals surface area contributed by atoms with Crippen LogP contribution >= 0.6 is 0 Å². The predicted octanol–water partition coefficient (Wildman–Crippen LogP) is 4.13. The number of hydrogen-bond acceptors (Lipinski definition) is 3. The topological polar surface area (TPSA) is 35.5 Å². The van der Waals surface area contributed by atoms with E-state index in [2.05, 4.69) is 40.8 Å². The molecule has 0 saturated heterocycles. The lowest BCUT2D eigenvalue weighted by molar-refractivity contribution is -0.201. The Morgan fingerprint density at radius 2 is 1.85 bits per heavy atom. The molecule has 3 nitrogen and oxygen atoms in total. The monoisotopic (exact) mass is 298 g/mol. The second kappa shape index (κ2) is 4.57. The minimum absolute atomic E-state index is 0.0610. The molecule has 0 spiro atoms. The van der Waals surface area contributed by atoms with Crippen LogP contribution in [0, 0.1) is 11.3 Å². The summed E-state index contributed by atoms with van der Waals surface area (Å²) < 4.78 is 11.9. The highest BCUT2D eigenvalue weighted by atomic mass is 28.4. The number of rotatable bonds is 3. The summed E-state index contributed by atoms with van der Waals surface area (Å²) in [6, 6.07) is 0. The van der Waals surface area contributed by atoms with Crippen LogP contribution in [-0.4, -0.2) is 27.0 Å². The van der Waals surface area contributed by atoms with Crippen LogP contribution < -0.4 is 0 Å². The van der Waals surface area contributed by atoms with Crippen molar-refractivity contribution < 1.29 is 14.0 Å². The SMILES string of the molecule is COC(=O)[C@H]1C[C@]2(C)CCC[C@]12O[Si](C)(C)C(C)(C)C. The summed E-state index contributed by atoms with van der Waals surface area (Å²) in [7, 11) is -0.395. The van der Waals surface area contributed by atoms with Gasteiger partial charge in [0.1, 0.15) is 0 Å². The molecule has 3 atom stereocenters. The van der Waals surface area contributed by atoms with Crippen molar-refractivity contribution in [2.75, 3.05) is 7.11 Å². The number of ether oxygens (including phenoxy) is 1. The van der Waals surface area contributed by atoms with E-state index >= 15 is 0 Å². The van der Waals surface area contributed by atoms with Crippen molar-refractivity contribution in [1.82, 2.24) is 0 Å². The molecule has 0 aliphatic heterocycles. The van der Waals surface area contributed by atoms with Crippen LogP contribution in [0.1, 0.15) is 53.4 Å². The van der Waals surface area contributed by atoms with E-state index in [1.807, 2.05) is 0 Å². The Morgan fingerprint density at radius 3 is 2.30 bits per heavy atom. The molecular formula is C16H30O3Si. The van der Waals surface area contributed by atoms with Gasteiger partial charge in [-0.25, -0.2) is 0 Å². The van der Waals surface area contributed by atoms with Crippen LogP contribution in [-0.2, 0) is 14.0 Å². The van der Waals surface area contributed by atoms with E-state index < -0.39 is 8.32 Å². The fourth-order valence-corrected chi connectivity index (χ4v) is 5.59. The molecule has 20 heavy (non-hydrogen) atoms. The first-order valence-electron chi connectivity index (χ1n) is 7.77. The van der Waals surface area contributed by atoms with Gasteiger partial charge in [-0.05, 0) is 49.2 Å². The summed E-state index contributed by atoms with van der Waals surface area (Å²) in [6.07, 6.45) is 4.28. The third-order valence-corrected chi connectivity index (χ3v) is 10.7. The normalized spacial score (nSPS) is 37.2. The number of carbonyl (C=O) groups excluding carboxylic acids is 1. The lowest BCUT2D eigenvalue weighted by Crippen LogP contribution is -2.67. The van der Waals surface area contributed by atoms with Crippen molar-refractivity contribution in [3.8, 4) is 0 Å². The summed E-state index contributed by atoms with van der Waals surface area (Å²) in [5.41, 5.74) is -0.0928. The van der Waals surface area contributed by atoms with E-state index in [0.29, 0.717) is 0 Å². The van der Waals surface area contributed by atoms with Gasteiger partial charge in [0.2, 0.25) is 0 Å².